The Hall–Kier alpha value is -2.06. The van der Waals surface area contributed by atoms with Crippen molar-refractivity contribution in [1.29, 1.82) is 0 Å². The maximum atomic E-state index is 12.9. The number of cyclic esters (lactones) is 4. The average Bonchev–Trinajstić information content (AvgIpc) is 3.11. The summed E-state index contributed by atoms with van der Waals surface area (Å²) in [5.41, 5.74) is 1.37. The molecule has 0 aromatic carbocycles. The van der Waals surface area contributed by atoms with E-state index in [4.69, 9.17) is 13.9 Å². The molecule has 3 atom stereocenters. The van der Waals surface area contributed by atoms with Gasteiger partial charge >= 0.3 is 23.9 Å². The lowest BCUT2D eigenvalue weighted by molar-refractivity contribution is -0.153. The number of rotatable bonds is 9. The molecule has 176 valence electrons. The van der Waals surface area contributed by atoms with Crippen molar-refractivity contribution >= 4 is 32.2 Å². The Balaban J connectivity index is 2.13. The third-order valence-corrected chi connectivity index (χ3v) is 7.32. The van der Waals surface area contributed by atoms with Gasteiger partial charge in [0.2, 0.25) is 0 Å². The van der Waals surface area contributed by atoms with Crippen LogP contribution in [0.2, 0.25) is 19.6 Å². The quantitative estimate of drug-likeness (QED) is 0.285. The van der Waals surface area contributed by atoms with E-state index in [2.05, 4.69) is 26.6 Å². The van der Waals surface area contributed by atoms with Crippen LogP contribution < -0.4 is 0 Å². The van der Waals surface area contributed by atoms with Gasteiger partial charge in [-0.15, -0.1) is 0 Å². The van der Waals surface area contributed by atoms with Crippen molar-refractivity contribution in [1.82, 2.24) is 0 Å². The fourth-order valence-corrected chi connectivity index (χ4v) is 6.12. The van der Waals surface area contributed by atoms with Crippen molar-refractivity contribution in [2.45, 2.75) is 91.0 Å². The maximum absolute atomic E-state index is 12.9. The van der Waals surface area contributed by atoms with E-state index in [9.17, 15) is 19.2 Å². The Bertz CT molecular complexity index is 877. The van der Waals surface area contributed by atoms with E-state index >= 15 is 0 Å². The molecule has 0 amide bonds. The van der Waals surface area contributed by atoms with Gasteiger partial charge in [-0.1, -0.05) is 39.5 Å². The molecule has 0 saturated heterocycles. The summed E-state index contributed by atoms with van der Waals surface area (Å²) in [5.74, 6) is -3.42. The highest BCUT2D eigenvalue weighted by atomic mass is 28.4. The molecule has 0 bridgehead atoms. The molecule has 3 rings (SSSR count). The molecule has 1 aliphatic carbocycles. The SMILES string of the molecule is CCCCC1CC2=C(C(=O)OC2=O)C(C(CCCC)O[Si](C)(C)C)CC2=C1C(=O)OC2=O. The van der Waals surface area contributed by atoms with Crippen LogP contribution in [-0.4, -0.2) is 38.3 Å². The minimum Gasteiger partial charge on any atom is -0.414 e. The highest BCUT2D eigenvalue weighted by Gasteiger charge is 2.48. The number of ether oxygens (including phenoxy) is 2. The molecule has 3 aliphatic rings. The van der Waals surface area contributed by atoms with Crippen LogP contribution in [0.15, 0.2) is 22.3 Å². The van der Waals surface area contributed by atoms with Gasteiger partial charge in [0, 0.05) is 17.1 Å². The standard InChI is InChI=1S/C24H34O7Si/c1-6-8-10-14-12-16-20(24(28)30-21(16)25)15(13-17-19(14)23(27)29-22(17)26)18(11-9-7-2)31-32(3,4)5/h14-15,18H,6-13H2,1-5H3. The molecule has 0 spiro atoms. The van der Waals surface area contributed by atoms with E-state index < -0.39 is 38.1 Å². The fraction of sp³-hybridized carbons (Fsp3) is 0.667. The van der Waals surface area contributed by atoms with Gasteiger partial charge in [0.1, 0.15) is 0 Å². The first-order valence-corrected chi connectivity index (χ1v) is 15.1. The fourth-order valence-electron chi connectivity index (χ4n) is 4.93. The van der Waals surface area contributed by atoms with Crippen molar-refractivity contribution in [3.63, 3.8) is 0 Å². The van der Waals surface area contributed by atoms with Crippen molar-refractivity contribution in [3.8, 4) is 0 Å². The van der Waals surface area contributed by atoms with Crippen molar-refractivity contribution in [3.05, 3.63) is 22.3 Å². The van der Waals surface area contributed by atoms with Crippen LogP contribution in [0.5, 0.6) is 0 Å². The summed E-state index contributed by atoms with van der Waals surface area (Å²) in [6, 6.07) is 0. The molecule has 2 heterocycles. The molecule has 32 heavy (non-hydrogen) atoms. The molecule has 0 fully saturated rings. The van der Waals surface area contributed by atoms with E-state index in [0.717, 1.165) is 25.7 Å². The summed E-state index contributed by atoms with van der Waals surface area (Å²) in [4.78, 5) is 50.9. The van der Waals surface area contributed by atoms with E-state index in [-0.39, 0.29) is 24.9 Å². The van der Waals surface area contributed by atoms with Crippen LogP contribution in [0, 0.1) is 11.8 Å². The minimum atomic E-state index is -2.02. The summed E-state index contributed by atoms with van der Waals surface area (Å²) >= 11 is 0. The van der Waals surface area contributed by atoms with E-state index in [1.54, 1.807) is 0 Å². The van der Waals surface area contributed by atoms with E-state index in [1.807, 2.05) is 6.92 Å². The van der Waals surface area contributed by atoms with E-state index in [0.29, 0.717) is 35.1 Å². The van der Waals surface area contributed by atoms with Crippen molar-refractivity contribution in [2.75, 3.05) is 0 Å². The smallest absolute Gasteiger partial charge is 0.342 e. The predicted octanol–water partition coefficient (Wildman–Crippen LogP) is 4.37. The Labute approximate surface area is 190 Å². The van der Waals surface area contributed by atoms with Gasteiger partial charge in [-0.3, -0.25) is 0 Å². The Morgan fingerprint density at radius 1 is 0.844 bits per heavy atom. The number of carbonyl (C=O) groups is 4. The highest BCUT2D eigenvalue weighted by Crippen LogP contribution is 2.45. The molecule has 0 radical (unpaired) electrons. The molecular formula is C24H34O7Si. The highest BCUT2D eigenvalue weighted by molar-refractivity contribution is 6.69. The first-order valence-electron chi connectivity index (χ1n) is 11.7. The summed E-state index contributed by atoms with van der Waals surface area (Å²) in [5, 5.41) is 0. The van der Waals surface area contributed by atoms with Gasteiger partial charge in [0.05, 0.1) is 17.3 Å². The first-order chi connectivity index (χ1) is 15.1. The molecule has 0 aromatic heterocycles. The monoisotopic (exact) mass is 462 g/mol. The number of esters is 4. The molecule has 0 saturated carbocycles. The van der Waals surface area contributed by atoms with Crippen LogP contribution in [0.3, 0.4) is 0 Å². The van der Waals surface area contributed by atoms with Gasteiger partial charge in [0.15, 0.2) is 8.32 Å². The zero-order valence-electron chi connectivity index (χ0n) is 19.7. The minimum absolute atomic E-state index is 0.141. The first kappa shape index (κ1) is 24.6. The second-order valence-corrected chi connectivity index (χ2v) is 14.4. The maximum Gasteiger partial charge on any atom is 0.342 e. The second-order valence-electron chi connectivity index (χ2n) is 9.90. The summed E-state index contributed by atoms with van der Waals surface area (Å²) < 4.78 is 16.6. The van der Waals surface area contributed by atoms with Crippen LogP contribution >= 0.6 is 0 Å². The van der Waals surface area contributed by atoms with Gasteiger partial charge in [-0.25, -0.2) is 19.2 Å². The molecule has 0 aromatic rings. The lowest BCUT2D eigenvalue weighted by Crippen LogP contribution is -2.39. The second kappa shape index (κ2) is 9.83. The Morgan fingerprint density at radius 2 is 1.41 bits per heavy atom. The Morgan fingerprint density at radius 3 is 1.97 bits per heavy atom. The third-order valence-electron chi connectivity index (χ3n) is 6.31. The summed E-state index contributed by atoms with van der Waals surface area (Å²) in [6.45, 7) is 10.3. The lowest BCUT2D eigenvalue weighted by Gasteiger charge is -2.34. The largest absolute Gasteiger partial charge is 0.414 e. The number of carbonyl (C=O) groups excluding carboxylic acids is 4. The molecule has 2 aliphatic heterocycles. The van der Waals surface area contributed by atoms with Crippen molar-refractivity contribution < 1.29 is 33.1 Å². The van der Waals surface area contributed by atoms with E-state index in [1.165, 1.54) is 0 Å². The normalized spacial score (nSPS) is 24.8. The van der Waals surface area contributed by atoms with Gasteiger partial charge in [-0.2, -0.15) is 0 Å². The summed E-state index contributed by atoms with van der Waals surface area (Å²) in [6.07, 6.45) is 4.87. The number of hydrogen-bond acceptors (Lipinski definition) is 7. The number of hydrogen-bond donors (Lipinski definition) is 0. The molecule has 7 nitrogen and oxygen atoms in total. The van der Waals surface area contributed by atoms with Crippen LogP contribution in [0.25, 0.3) is 0 Å². The molecular weight excluding hydrogens is 428 g/mol. The zero-order chi connectivity index (χ0) is 23.6. The van der Waals surface area contributed by atoms with Crippen LogP contribution in [0.1, 0.15) is 65.2 Å². The topological polar surface area (TPSA) is 96.0 Å². The lowest BCUT2D eigenvalue weighted by atomic mass is 9.75. The van der Waals surface area contributed by atoms with Crippen molar-refractivity contribution in [2.24, 2.45) is 11.8 Å². The van der Waals surface area contributed by atoms with Crippen LogP contribution in [-0.2, 0) is 33.1 Å². The van der Waals surface area contributed by atoms with Gasteiger partial charge < -0.3 is 13.9 Å². The number of unbranched alkanes of at least 4 members (excludes halogenated alkanes) is 2. The van der Waals surface area contributed by atoms with Gasteiger partial charge in [0.25, 0.3) is 0 Å². The van der Waals surface area contributed by atoms with Crippen LogP contribution in [0.4, 0.5) is 0 Å². The third kappa shape index (κ3) is 5.12. The summed E-state index contributed by atoms with van der Waals surface area (Å²) in [7, 11) is -2.02. The average molecular weight is 463 g/mol. The predicted molar refractivity (Wildman–Crippen MR) is 120 cm³/mol. The molecule has 0 N–H and O–H groups in total. The van der Waals surface area contributed by atoms with Gasteiger partial charge in [-0.05, 0) is 51.2 Å². The molecule has 8 heteroatoms. The molecule has 3 unspecified atom stereocenters. The Kier molecular flexibility index (Phi) is 7.55. The zero-order valence-corrected chi connectivity index (χ0v) is 20.7.